The molecule has 6 nitrogen and oxygen atoms in total. The Labute approximate surface area is 199 Å². The SMILES string of the molecule is Cc1ccccc1-n1c(SC(C)c2nnc(-c3ccccc3)o2)nc2cc(Cl)ccc2c1=O. The van der Waals surface area contributed by atoms with Gasteiger partial charge in [0.15, 0.2) is 5.16 Å². The fourth-order valence-electron chi connectivity index (χ4n) is 3.55. The molecule has 0 spiro atoms. The first kappa shape index (κ1) is 21.4. The van der Waals surface area contributed by atoms with Gasteiger partial charge in [-0.2, -0.15) is 0 Å². The standard InChI is InChI=1S/C25H19ClN4O2S/c1-15-8-6-7-11-21(15)30-24(31)19-13-12-18(26)14-20(19)27-25(30)33-16(2)22-28-29-23(32-22)17-9-4-3-5-10-17/h3-14,16H,1-2H3. The molecule has 0 fully saturated rings. The summed E-state index contributed by atoms with van der Waals surface area (Å²) in [7, 11) is 0. The van der Waals surface area contributed by atoms with Crippen molar-refractivity contribution in [3.8, 4) is 17.1 Å². The van der Waals surface area contributed by atoms with Crippen molar-refractivity contribution in [3.63, 3.8) is 0 Å². The topological polar surface area (TPSA) is 73.8 Å². The van der Waals surface area contributed by atoms with Crippen LogP contribution in [0.25, 0.3) is 28.0 Å². The number of thioether (sulfide) groups is 1. The molecule has 0 radical (unpaired) electrons. The molecule has 5 aromatic rings. The Morgan fingerprint density at radius 1 is 1.00 bits per heavy atom. The van der Waals surface area contributed by atoms with Crippen LogP contribution in [0.5, 0.6) is 0 Å². The van der Waals surface area contributed by atoms with Crippen molar-refractivity contribution in [2.45, 2.75) is 24.3 Å². The molecule has 0 aliphatic heterocycles. The summed E-state index contributed by atoms with van der Waals surface area (Å²) in [5.41, 5.74) is 2.98. The van der Waals surface area contributed by atoms with Crippen LogP contribution in [0.4, 0.5) is 0 Å². The lowest BCUT2D eigenvalue weighted by atomic mass is 10.2. The van der Waals surface area contributed by atoms with Gasteiger partial charge in [-0.15, -0.1) is 10.2 Å². The van der Waals surface area contributed by atoms with Crippen molar-refractivity contribution in [2.75, 3.05) is 0 Å². The lowest BCUT2D eigenvalue weighted by Gasteiger charge is -2.16. The zero-order valence-electron chi connectivity index (χ0n) is 17.9. The molecule has 5 rings (SSSR count). The molecule has 33 heavy (non-hydrogen) atoms. The highest BCUT2D eigenvalue weighted by Crippen LogP contribution is 2.35. The van der Waals surface area contributed by atoms with E-state index in [1.54, 1.807) is 22.8 Å². The van der Waals surface area contributed by atoms with Gasteiger partial charge in [0, 0.05) is 10.6 Å². The van der Waals surface area contributed by atoms with Gasteiger partial charge in [0.2, 0.25) is 11.8 Å². The highest BCUT2D eigenvalue weighted by atomic mass is 35.5. The minimum Gasteiger partial charge on any atom is -0.419 e. The summed E-state index contributed by atoms with van der Waals surface area (Å²) in [6.07, 6.45) is 0. The van der Waals surface area contributed by atoms with E-state index in [2.05, 4.69) is 10.2 Å². The Morgan fingerprint density at radius 2 is 1.76 bits per heavy atom. The van der Waals surface area contributed by atoms with E-state index in [4.69, 9.17) is 21.0 Å². The Bertz CT molecular complexity index is 1510. The molecule has 0 saturated heterocycles. The fraction of sp³-hybridized carbons (Fsp3) is 0.120. The molecule has 0 amide bonds. The molecule has 0 aliphatic carbocycles. The third kappa shape index (κ3) is 4.17. The Kier molecular flexibility index (Phi) is 5.74. The average Bonchev–Trinajstić information content (AvgIpc) is 3.31. The summed E-state index contributed by atoms with van der Waals surface area (Å²) >= 11 is 7.56. The summed E-state index contributed by atoms with van der Waals surface area (Å²) in [5, 5.41) is 9.73. The van der Waals surface area contributed by atoms with Gasteiger partial charge in [-0.05, 0) is 55.8 Å². The molecule has 8 heteroatoms. The molecule has 3 aromatic carbocycles. The molecule has 164 valence electrons. The third-order valence-corrected chi connectivity index (χ3v) is 6.52. The lowest BCUT2D eigenvalue weighted by Crippen LogP contribution is -2.22. The van der Waals surface area contributed by atoms with Gasteiger partial charge in [-0.1, -0.05) is 59.8 Å². The highest BCUT2D eigenvalue weighted by Gasteiger charge is 2.21. The first-order valence-electron chi connectivity index (χ1n) is 10.3. The summed E-state index contributed by atoms with van der Waals surface area (Å²) in [4.78, 5) is 18.3. The summed E-state index contributed by atoms with van der Waals surface area (Å²) in [6.45, 7) is 3.92. The van der Waals surface area contributed by atoms with E-state index in [9.17, 15) is 4.79 Å². The van der Waals surface area contributed by atoms with Crippen LogP contribution in [0, 0.1) is 6.92 Å². The maximum absolute atomic E-state index is 13.5. The van der Waals surface area contributed by atoms with Gasteiger partial charge in [-0.25, -0.2) is 4.98 Å². The minimum atomic E-state index is -0.242. The second-order valence-electron chi connectivity index (χ2n) is 7.55. The first-order chi connectivity index (χ1) is 16.0. The quantitative estimate of drug-likeness (QED) is 0.221. The van der Waals surface area contributed by atoms with Gasteiger partial charge in [0.1, 0.15) is 0 Å². The number of aryl methyl sites for hydroxylation is 1. The van der Waals surface area contributed by atoms with Crippen LogP contribution in [0.15, 0.2) is 87.2 Å². The number of fused-ring (bicyclic) bond motifs is 1. The summed E-state index contributed by atoms with van der Waals surface area (Å²) < 4.78 is 7.57. The van der Waals surface area contributed by atoms with Gasteiger partial charge in [0.05, 0.1) is 21.8 Å². The molecular formula is C25H19ClN4O2S. The van der Waals surface area contributed by atoms with Crippen molar-refractivity contribution >= 4 is 34.3 Å². The maximum Gasteiger partial charge on any atom is 0.266 e. The average molecular weight is 475 g/mol. The number of para-hydroxylation sites is 1. The zero-order valence-corrected chi connectivity index (χ0v) is 19.5. The van der Waals surface area contributed by atoms with Crippen molar-refractivity contribution in [2.24, 2.45) is 0 Å². The van der Waals surface area contributed by atoms with Gasteiger partial charge in [-0.3, -0.25) is 9.36 Å². The fourth-order valence-corrected chi connectivity index (χ4v) is 4.67. The molecule has 0 N–H and O–H groups in total. The predicted molar refractivity (Wildman–Crippen MR) is 131 cm³/mol. The molecule has 0 saturated carbocycles. The molecule has 2 heterocycles. The first-order valence-corrected chi connectivity index (χ1v) is 11.6. The number of halogens is 1. The Hall–Kier alpha value is -3.42. The van der Waals surface area contributed by atoms with E-state index < -0.39 is 0 Å². The van der Waals surface area contributed by atoms with E-state index >= 15 is 0 Å². The second kappa shape index (κ2) is 8.84. The molecular weight excluding hydrogens is 456 g/mol. The molecule has 1 atom stereocenters. The molecule has 0 aliphatic rings. The third-order valence-electron chi connectivity index (χ3n) is 5.25. The molecule has 0 bridgehead atoms. The van der Waals surface area contributed by atoms with E-state index in [0.29, 0.717) is 32.9 Å². The van der Waals surface area contributed by atoms with E-state index in [0.717, 1.165) is 16.8 Å². The van der Waals surface area contributed by atoms with Crippen LogP contribution in [-0.4, -0.2) is 19.7 Å². The van der Waals surface area contributed by atoms with Crippen molar-refractivity contribution in [3.05, 3.63) is 99.6 Å². The van der Waals surface area contributed by atoms with Gasteiger partial charge < -0.3 is 4.42 Å². The molecule has 2 aromatic heterocycles. The normalized spacial score (nSPS) is 12.2. The predicted octanol–water partition coefficient (Wildman–Crippen LogP) is 6.25. The van der Waals surface area contributed by atoms with Crippen LogP contribution < -0.4 is 5.56 Å². The monoisotopic (exact) mass is 474 g/mol. The highest BCUT2D eigenvalue weighted by molar-refractivity contribution is 7.99. The largest absolute Gasteiger partial charge is 0.419 e. The number of nitrogens with zero attached hydrogens (tertiary/aromatic N) is 4. The Morgan fingerprint density at radius 3 is 2.55 bits per heavy atom. The Balaban J connectivity index is 1.60. The number of hydrogen-bond acceptors (Lipinski definition) is 6. The van der Waals surface area contributed by atoms with Crippen LogP contribution in [0.2, 0.25) is 5.02 Å². The second-order valence-corrected chi connectivity index (χ2v) is 9.30. The number of aromatic nitrogens is 4. The lowest BCUT2D eigenvalue weighted by molar-refractivity contribution is 0.508. The number of rotatable bonds is 5. The van der Waals surface area contributed by atoms with Crippen molar-refractivity contribution in [1.29, 1.82) is 0 Å². The number of hydrogen-bond donors (Lipinski definition) is 0. The zero-order chi connectivity index (χ0) is 22.9. The van der Waals surface area contributed by atoms with E-state index in [1.165, 1.54) is 11.8 Å². The summed E-state index contributed by atoms with van der Waals surface area (Å²) in [5.74, 6) is 0.906. The van der Waals surface area contributed by atoms with E-state index in [1.807, 2.05) is 68.4 Å². The van der Waals surface area contributed by atoms with Crippen LogP contribution in [0.3, 0.4) is 0 Å². The smallest absolute Gasteiger partial charge is 0.266 e. The number of benzene rings is 3. The summed E-state index contributed by atoms with van der Waals surface area (Å²) in [6, 6.07) is 22.4. The van der Waals surface area contributed by atoms with Crippen LogP contribution in [0.1, 0.15) is 23.6 Å². The maximum atomic E-state index is 13.5. The van der Waals surface area contributed by atoms with Crippen LogP contribution in [-0.2, 0) is 0 Å². The minimum absolute atomic E-state index is 0.156. The van der Waals surface area contributed by atoms with Gasteiger partial charge in [0.25, 0.3) is 5.56 Å². The van der Waals surface area contributed by atoms with E-state index in [-0.39, 0.29) is 10.8 Å². The van der Waals surface area contributed by atoms with Crippen molar-refractivity contribution < 1.29 is 4.42 Å². The van der Waals surface area contributed by atoms with Crippen LogP contribution >= 0.6 is 23.4 Å². The molecule has 1 unspecified atom stereocenters. The van der Waals surface area contributed by atoms with Crippen molar-refractivity contribution in [1.82, 2.24) is 19.7 Å². The van der Waals surface area contributed by atoms with Gasteiger partial charge >= 0.3 is 0 Å².